The van der Waals surface area contributed by atoms with Gasteiger partial charge in [-0.1, -0.05) is 17.8 Å². The maximum absolute atomic E-state index is 12.5. The molecule has 24 heavy (non-hydrogen) atoms. The van der Waals surface area contributed by atoms with Crippen LogP contribution in [0.2, 0.25) is 0 Å². The Hall–Kier alpha value is -1.37. The number of fused-ring (bicyclic) bond motifs is 2. The molecule has 126 valence electrons. The summed E-state index contributed by atoms with van der Waals surface area (Å²) in [5.41, 5.74) is 1.30. The van der Waals surface area contributed by atoms with E-state index in [2.05, 4.69) is 16.4 Å². The highest BCUT2D eigenvalue weighted by atomic mass is 32.2. The van der Waals surface area contributed by atoms with Crippen LogP contribution >= 0.6 is 23.1 Å². The number of rotatable bonds is 3. The smallest absolute Gasteiger partial charge is 0.232 e. The largest absolute Gasteiger partial charge is 0.369 e. The molecule has 2 aliphatic heterocycles. The molecule has 4 heterocycles. The van der Waals surface area contributed by atoms with Crippen LogP contribution in [0.3, 0.4) is 0 Å². The Bertz CT molecular complexity index is 709. The van der Waals surface area contributed by atoms with E-state index in [4.69, 9.17) is 4.74 Å². The van der Waals surface area contributed by atoms with E-state index in [0.717, 1.165) is 44.0 Å². The van der Waals surface area contributed by atoms with Gasteiger partial charge in [-0.2, -0.15) is 0 Å². The van der Waals surface area contributed by atoms with Gasteiger partial charge in [0.15, 0.2) is 0 Å². The highest BCUT2D eigenvalue weighted by Crippen LogP contribution is 2.44. The highest BCUT2D eigenvalue weighted by molar-refractivity contribution is 7.99. The van der Waals surface area contributed by atoms with Crippen molar-refractivity contribution in [3.8, 4) is 0 Å². The summed E-state index contributed by atoms with van der Waals surface area (Å²) in [5, 5.41) is 3.07. The third-order valence-electron chi connectivity index (χ3n) is 4.82. The first kappa shape index (κ1) is 16.1. The van der Waals surface area contributed by atoms with Gasteiger partial charge in [-0.25, -0.2) is 4.98 Å². The fraction of sp³-hybridized carbons (Fsp3) is 0.444. The number of nitrogens with zero attached hydrogens (tertiary/aromatic N) is 2. The van der Waals surface area contributed by atoms with Crippen molar-refractivity contribution in [1.29, 1.82) is 0 Å². The van der Waals surface area contributed by atoms with Crippen LogP contribution in [0.15, 0.2) is 40.9 Å². The number of likely N-dealkylation sites (tertiary alicyclic amines) is 1. The van der Waals surface area contributed by atoms with E-state index in [1.165, 1.54) is 22.2 Å². The Labute approximate surface area is 150 Å². The van der Waals surface area contributed by atoms with Gasteiger partial charge in [0.05, 0.1) is 17.4 Å². The van der Waals surface area contributed by atoms with E-state index >= 15 is 0 Å². The normalized spacial score (nSPS) is 19.2. The second-order valence-corrected chi connectivity index (χ2v) is 8.12. The molecule has 0 unspecified atom stereocenters. The second-order valence-electron chi connectivity index (χ2n) is 6.21. The molecule has 0 aliphatic carbocycles. The summed E-state index contributed by atoms with van der Waals surface area (Å²) < 4.78 is 6.21. The molecule has 0 saturated carbocycles. The fourth-order valence-corrected chi connectivity index (χ4v) is 5.43. The number of hydrogen-bond acceptors (Lipinski definition) is 5. The van der Waals surface area contributed by atoms with Crippen LogP contribution in [-0.4, -0.2) is 41.2 Å². The van der Waals surface area contributed by atoms with Crippen molar-refractivity contribution < 1.29 is 9.53 Å². The maximum Gasteiger partial charge on any atom is 0.232 e. The summed E-state index contributed by atoms with van der Waals surface area (Å²) in [6, 6.07) is 8.01. The zero-order valence-corrected chi connectivity index (χ0v) is 15.1. The quantitative estimate of drug-likeness (QED) is 0.788. The molecule has 0 N–H and O–H groups in total. The minimum atomic E-state index is -0.146. The zero-order chi connectivity index (χ0) is 16.4. The van der Waals surface area contributed by atoms with E-state index in [-0.39, 0.29) is 11.5 Å². The Morgan fingerprint density at radius 1 is 1.33 bits per heavy atom. The van der Waals surface area contributed by atoms with Crippen molar-refractivity contribution in [2.75, 3.05) is 25.4 Å². The van der Waals surface area contributed by atoms with Gasteiger partial charge in [-0.3, -0.25) is 4.79 Å². The Morgan fingerprint density at radius 2 is 2.21 bits per heavy atom. The Balaban J connectivity index is 1.36. The number of hydrogen-bond donors (Lipinski definition) is 0. The van der Waals surface area contributed by atoms with Crippen LogP contribution in [-0.2, 0) is 21.6 Å². The van der Waals surface area contributed by atoms with Crippen LogP contribution in [0.5, 0.6) is 0 Å². The van der Waals surface area contributed by atoms with Crippen molar-refractivity contribution in [1.82, 2.24) is 9.88 Å². The van der Waals surface area contributed by atoms with E-state index in [1.54, 1.807) is 6.20 Å². The van der Waals surface area contributed by atoms with E-state index in [1.807, 2.05) is 34.4 Å². The molecule has 0 bridgehead atoms. The number of piperidine rings is 1. The van der Waals surface area contributed by atoms with E-state index < -0.39 is 0 Å². The lowest BCUT2D eigenvalue weighted by atomic mass is 9.85. The molecule has 4 rings (SSSR count). The molecule has 0 radical (unpaired) electrons. The molecule has 1 spiro atoms. The summed E-state index contributed by atoms with van der Waals surface area (Å²) in [7, 11) is 0. The number of carbonyl (C=O) groups is 1. The average molecular weight is 361 g/mol. The van der Waals surface area contributed by atoms with Gasteiger partial charge in [-0.15, -0.1) is 11.3 Å². The number of ether oxygens (including phenoxy) is 1. The average Bonchev–Trinajstić information content (AvgIpc) is 3.12. The Kier molecular flexibility index (Phi) is 4.61. The summed E-state index contributed by atoms with van der Waals surface area (Å²) in [6.07, 6.45) is 4.58. The molecule has 1 saturated heterocycles. The lowest BCUT2D eigenvalue weighted by molar-refractivity contribution is -0.137. The summed E-state index contributed by atoms with van der Waals surface area (Å²) in [6.45, 7) is 2.35. The monoisotopic (exact) mass is 360 g/mol. The lowest BCUT2D eigenvalue weighted by Gasteiger charge is -2.43. The Morgan fingerprint density at radius 3 is 3.00 bits per heavy atom. The number of thioether (sulfide) groups is 1. The lowest BCUT2D eigenvalue weighted by Crippen LogP contribution is -2.48. The number of aromatic nitrogens is 1. The third-order valence-corrected chi connectivity index (χ3v) is 6.89. The molecular weight excluding hydrogens is 340 g/mol. The van der Waals surface area contributed by atoms with E-state index in [0.29, 0.717) is 5.75 Å². The molecule has 0 atom stereocenters. The van der Waals surface area contributed by atoms with Gasteiger partial charge in [0, 0.05) is 24.2 Å². The van der Waals surface area contributed by atoms with Crippen LogP contribution in [0.1, 0.15) is 23.3 Å². The van der Waals surface area contributed by atoms with Crippen molar-refractivity contribution in [2.45, 2.75) is 29.9 Å². The third kappa shape index (κ3) is 3.10. The summed E-state index contributed by atoms with van der Waals surface area (Å²) >= 11 is 3.31. The van der Waals surface area contributed by atoms with Crippen LogP contribution < -0.4 is 0 Å². The van der Waals surface area contributed by atoms with Gasteiger partial charge in [-0.05, 0) is 48.4 Å². The number of thiophene rings is 1. The van der Waals surface area contributed by atoms with Gasteiger partial charge >= 0.3 is 0 Å². The molecular formula is C18H20N2O2S2. The van der Waals surface area contributed by atoms with Crippen molar-refractivity contribution >= 4 is 29.0 Å². The summed E-state index contributed by atoms with van der Waals surface area (Å²) in [4.78, 5) is 20.1. The first-order valence-corrected chi connectivity index (χ1v) is 10.2. The number of carbonyl (C=O) groups excluding carboxylic acids is 1. The molecule has 2 aliphatic rings. The van der Waals surface area contributed by atoms with Crippen LogP contribution in [0.4, 0.5) is 0 Å². The second kappa shape index (κ2) is 6.86. The van der Waals surface area contributed by atoms with Gasteiger partial charge in [0.25, 0.3) is 0 Å². The zero-order valence-electron chi connectivity index (χ0n) is 13.4. The standard InChI is InChI=1S/C18H20N2O2S2/c21-16(13-24-15-3-1-2-8-19-15)20-9-6-18(7-10-20)17-14(4-11-22-18)5-12-23-17/h1-3,5,8,12H,4,6-7,9-11,13H2. The SMILES string of the molecule is O=C(CSc1ccccn1)N1CCC2(CC1)OCCc1ccsc12. The van der Waals surface area contributed by atoms with Crippen molar-refractivity contribution in [3.05, 3.63) is 46.3 Å². The summed E-state index contributed by atoms with van der Waals surface area (Å²) in [5.74, 6) is 0.650. The van der Waals surface area contributed by atoms with Gasteiger partial charge in [0.1, 0.15) is 5.60 Å². The maximum atomic E-state index is 12.5. The fourth-order valence-electron chi connectivity index (χ4n) is 3.50. The molecule has 0 aromatic carbocycles. The predicted molar refractivity (Wildman–Crippen MR) is 96.4 cm³/mol. The van der Waals surface area contributed by atoms with Crippen molar-refractivity contribution in [2.24, 2.45) is 0 Å². The number of amides is 1. The number of pyridine rings is 1. The van der Waals surface area contributed by atoms with Crippen LogP contribution in [0.25, 0.3) is 0 Å². The minimum Gasteiger partial charge on any atom is -0.369 e. The molecule has 2 aromatic heterocycles. The molecule has 1 fully saturated rings. The molecule has 1 amide bonds. The highest BCUT2D eigenvalue weighted by Gasteiger charge is 2.42. The van der Waals surface area contributed by atoms with Gasteiger partial charge < -0.3 is 9.64 Å². The molecule has 6 heteroatoms. The first-order valence-electron chi connectivity index (χ1n) is 8.29. The first-order chi connectivity index (χ1) is 11.8. The van der Waals surface area contributed by atoms with Crippen LogP contribution in [0, 0.1) is 0 Å². The van der Waals surface area contributed by atoms with Gasteiger partial charge in [0.2, 0.25) is 5.91 Å². The minimum absolute atomic E-state index is 0.146. The van der Waals surface area contributed by atoms with E-state index in [9.17, 15) is 4.79 Å². The van der Waals surface area contributed by atoms with Crippen molar-refractivity contribution in [3.63, 3.8) is 0 Å². The predicted octanol–water partition coefficient (Wildman–Crippen LogP) is 3.33. The topological polar surface area (TPSA) is 42.4 Å². The molecule has 2 aromatic rings. The molecule has 4 nitrogen and oxygen atoms in total.